The zero-order valence-electron chi connectivity index (χ0n) is 14.1. The van der Waals surface area contributed by atoms with Crippen LogP contribution in [0.4, 0.5) is 0 Å². The molecule has 130 valence electrons. The van der Waals surface area contributed by atoms with Gasteiger partial charge in [0.2, 0.25) is 11.8 Å². The Hall–Kier alpha value is -1.59. The molecule has 2 amide bonds. The van der Waals surface area contributed by atoms with Crippen LogP contribution in [0.2, 0.25) is 0 Å². The first kappa shape index (κ1) is 17.8. The fourth-order valence-corrected chi connectivity index (χ4v) is 3.91. The molecule has 2 N–H and O–H groups in total. The third-order valence-electron chi connectivity index (χ3n) is 5.51. The standard InChI is InChI=1S/C17H28N2O4/c1-12(18-14(20)13-8-4-5-9-13)15(21)19(2)17(16(22)23)10-6-3-7-11-17/h12-13H,3-11H2,1-2H3,(H,18,20)(H,22,23). The number of aliphatic carboxylic acids is 1. The van der Waals surface area contributed by atoms with Crippen molar-refractivity contribution in [2.45, 2.75) is 76.3 Å². The Morgan fingerprint density at radius 2 is 1.65 bits per heavy atom. The summed E-state index contributed by atoms with van der Waals surface area (Å²) in [5, 5.41) is 12.4. The highest BCUT2D eigenvalue weighted by molar-refractivity contribution is 5.92. The lowest BCUT2D eigenvalue weighted by atomic mass is 9.80. The van der Waals surface area contributed by atoms with Gasteiger partial charge in [-0.15, -0.1) is 0 Å². The summed E-state index contributed by atoms with van der Waals surface area (Å²) in [4.78, 5) is 38.0. The average Bonchev–Trinajstić information content (AvgIpc) is 3.08. The first-order valence-electron chi connectivity index (χ1n) is 8.70. The maximum Gasteiger partial charge on any atom is 0.329 e. The summed E-state index contributed by atoms with van der Waals surface area (Å²) in [6.07, 6.45) is 7.46. The van der Waals surface area contributed by atoms with E-state index >= 15 is 0 Å². The summed E-state index contributed by atoms with van der Waals surface area (Å²) in [7, 11) is 1.56. The number of nitrogens with zero attached hydrogens (tertiary/aromatic N) is 1. The van der Waals surface area contributed by atoms with E-state index in [-0.39, 0.29) is 17.7 Å². The van der Waals surface area contributed by atoms with Crippen molar-refractivity contribution < 1.29 is 19.5 Å². The van der Waals surface area contributed by atoms with Crippen molar-refractivity contribution >= 4 is 17.8 Å². The SMILES string of the molecule is CC(NC(=O)C1CCCC1)C(=O)N(C)C1(C(=O)O)CCCCC1. The highest BCUT2D eigenvalue weighted by Crippen LogP contribution is 2.33. The molecule has 2 rings (SSSR count). The first-order chi connectivity index (χ1) is 10.9. The van der Waals surface area contributed by atoms with Crippen LogP contribution in [0, 0.1) is 5.92 Å². The Kier molecular flexibility index (Phi) is 5.65. The number of carbonyl (C=O) groups excluding carboxylic acids is 2. The summed E-state index contributed by atoms with van der Waals surface area (Å²) < 4.78 is 0. The zero-order valence-corrected chi connectivity index (χ0v) is 14.1. The summed E-state index contributed by atoms with van der Waals surface area (Å²) in [5.74, 6) is -1.34. The molecule has 6 nitrogen and oxygen atoms in total. The topological polar surface area (TPSA) is 86.7 Å². The van der Waals surface area contributed by atoms with E-state index in [2.05, 4.69) is 5.32 Å². The van der Waals surface area contributed by atoms with Gasteiger partial charge in [0.25, 0.3) is 0 Å². The van der Waals surface area contributed by atoms with Gasteiger partial charge in [-0.1, -0.05) is 32.1 Å². The van der Waals surface area contributed by atoms with Gasteiger partial charge in [0, 0.05) is 13.0 Å². The second-order valence-corrected chi connectivity index (χ2v) is 7.01. The number of hydrogen-bond acceptors (Lipinski definition) is 3. The molecule has 1 unspecified atom stereocenters. The Bertz CT molecular complexity index is 465. The molecule has 0 aromatic heterocycles. The van der Waals surface area contributed by atoms with Gasteiger partial charge in [-0.05, 0) is 32.6 Å². The molecule has 0 aromatic rings. The van der Waals surface area contributed by atoms with Crippen LogP contribution in [-0.2, 0) is 14.4 Å². The van der Waals surface area contributed by atoms with Crippen molar-refractivity contribution in [1.29, 1.82) is 0 Å². The Balaban J connectivity index is 2.01. The van der Waals surface area contributed by atoms with Crippen molar-refractivity contribution in [1.82, 2.24) is 10.2 Å². The molecule has 0 saturated heterocycles. The number of likely N-dealkylation sites (N-methyl/N-ethyl adjacent to an activating group) is 1. The number of rotatable bonds is 5. The molecule has 1 atom stereocenters. The van der Waals surface area contributed by atoms with Crippen LogP contribution in [0.5, 0.6) is 0 Å². The minimum absolute atomic E-state index is 0.00123. The van der Waals surface area contributed by atoms with Crippen molar-refractivity contribution in [2.75, 3.05) is 7.05 Å². The van der Waals surface area contributed by atoms with Crippen LogP contribution < -0.4 is 5.32 Å². The second-order valence-electron chi connectivity index (χ2n) is 7.01. The monoisotopic (exact) mass is 324 g/mol. The summed E-state index contributed by atoms with van der Waals surface area (Å²) in [6, 6.07) is -0.689. The van der Waals surface area contributed by atoms with E-state index in [9.17, 15) is 19.5 Å². The minimum Gasteiger partial charge on any atom is -0.479 e. The third-order valence-corrected chi connectivity index (χ3v) is 5.51. The van der Waals surface area contributed by atoms with E-state index in [4.69, 9.17) is 0 Å². The summed E-state index contributed by atoms with van der Waals surface area (Å²) >= 11 is 0. The molecule has 0 bridgehead atoms. The molecule has 0 aromatic carbocycles. The number of amides is 2. The normalized spacial score (nSPS) is 22.3. The van der Waals surface area contributed by atoms with Crippen molar-refractivity contribution in [3.63, 3.8) is 0 Å². The number of nitrogens with one attached hydrogen (secondary N) is 1. The van der Waals surface area contributed by atoms with Crippen LogP contribution in [0.1, 0.15) is 64.7 Å². The molecule has 0 spiro atoms. The molecular weight excluding hydrogens is 296 g/mol. The van der Waals surface area contributed by atoms with Gasteiger partial charge >= 0.3 is 5.97 Å². The van der Waals surface area contributed by atoms with Gasteiger partial charge in [-0.25, -0.2) is 4.79 Å². The number of carboxylic acid groups (broad SMARTS) is 1. The van der Waals surface area contributed by atoms with Crippen molar-refractivity contribution in [2.24, 2.45) is 5.92 Å². The van der Waals surface area contributed by atoms with E-state index in [0.717, 1.165) is 44.9 Å². The van der Waals surface area contributed by atoms with Gasteiger partial charge in [0.05, 0.1) is 0 Å². The molecule has 6 heteroatoms. The number of hydrogen-bond donors (Lipinski definition) is 2. The van der Waals surface area contributed by atoms with Gasteiger partial charge in [0.1, 0.15) is 11.6 Å². The van der Waals surface area contributed by atoms with Crippen LogP contribution in [0.25, 0.3) is 0 Å². The molecule has 2 fully saturated rings. The molecule has 2 saturated carbocycles. The fraction of sp³-hybridized carbons (Fsp3) is 0.824. The lowest BCUT2D eigenvalue weighted by Crippen LogP contribution is -2.60. The highest BCUT2D eigenvalue weighted by Gasteiger charge is 2.46. The average molecular weight is 324 g/mol. The van der Waals surface area contributed by atoms with Crippen LogP contribution in [-0.4, -0.2) is 46.4 Å². The van der Waals surface area contributed by atoms with Gasteiger partial charge in [-0.2, -0.15) is 0 Å². The summed E-state index contributed by atoms with van der Waals surface area (Å²) in [6.45, 7) is 1.64. The lowest BCUT2D eigenvalue weighted by molar-refractivity contribution is -0.161. The predicted octanol–water partition coefficient (Wildman–Crippen LogP) is 1.93. The maximum absolute atomic E-state index is 12.7. The second kappa shape index (κ2) is 7.32. The van der Waals surface area contributed by atoms with Crippen LogP contribution >= 0.6 is 0 Å². The van der Waals surface area contributed by atoms with E-state index in [1.807, 2.05) is 0 Å². The Labute approximate surface area is 137 Å². The Morgan fingerprint density at radius 1 is 1.09 bits per heavy atom. The maximum atomic E-state index is 12.7. The number of carboxylic acids is 1. The van der Waals surface area contributed by atoms with Crippen molar-refractivity contribution in [3.05, 3.63) is 0 Å². The quantitative estimate of drug-likeness (QED) is 0.809. The first-order valence-corrected chi connectivity index (χ1v) is 8.70. The predicted molar refractivity (Wildman–Crippen MR) is 85.8 cm³/mol. The third kappa shape index (κ3) is 3.67. The molecular formula is C17H28N2O4. The minimum atomic E-state index is -1.12. The summed E-state index contributed by atoms with van der Waals surface area (Å²) in [5.41, 5.74) is -1.12. The van der Waals surface area contributed by atoms with E-state index < -0.39 is 17.6 Å². The fourth-order valence-electron chi connectivity index (χ4n) is 3.91. The van der Waals surface area contributed by atoms with E-state index in [0.29, 0.717) is 12.8 Å². The van der Waals surface area contributed by atoms with E-state index in [1.54, 1.807) is 14.0 Å². The lowest BCUT2D eigenvalue weighted by Gasteiger charge is -2.42. The Morgan fingerprint density at radius 3 is 2.17 bits per heavy atom. The molecule has 2 aliphatic rings. The smallest absolute Gasteiger partial charge is 0.329 e. The van der Waals surface area contributed by atoms with Crippen LogP contribution in [0.3, 0.4) is 0 Å². The molecule has 0 radical (unpaired) electrons. The highest BCUT2D eigenvalue weighted by atomic mass is 16.4. The van der Waals surface area contributed by atoms with Gasteiger partial charge in [-0.3, -0.25) is 9.59 Å². The molecule has 0 heterocycles. The molecule has 23 heavy (non-hydrogen) atoms. The van der Waals surface area contributed by atoms with Crippen molar-refractivity contribution in [3.8, 4) is 0 Å². The van der Waals surface area contributed by atoms with E-state index in [1.165, 1.54) is 4.90 Å². The molecule has 2 aliphatic carbocycles. The largest absolute Gasteiger partial charge is 0.479 e. The van der Waals surface area contributed by atoms with Crippen LogP contribution in [0.15, 0.2) is 0 Å². The van der Waals surface area contributed by atoms with Gasteiger partial charge < -0.3 is 15.3 Å². The molecule has 0 aliphatic heterocycles. The van der Waals surface area contributed by atoms with Gasteiger partial charge in [0.15, 0.2) is 0 Å². The number of carbonyl (C=O) groups is 3. The zero-order chi connectivity index (χ0) is 17.0.